The van der Waals surface area contributed by atoms with E-state index in [0.29, 0.717) is 23.5 Å². The molecule has 4 saturated carbocycles. The standard InChI is InChI=1S/C25H31N7O2/c1-14-5-18(22(33)26-3)27-11-19(14)29-23-28-12-20-21(30-23)32(15(2)31(20)4)24-7-16-6-17(8-24)10-25(34,9-16)13-24/h5,11-12,16-17,34H,2,6-10,13H2,1,3-4H3,(H,26,33)(H,28,29,30). The van der Waals surface area contributed by atoms with Gasteiger partial charge in [0.1, 0.15) is 17.2 Å². The van der Waals surface area contributed by atoms with Gasteiger partial charge in [-0.15, -0.1) is 0 Å². The number of carbonyl (C=O) groups excluding carboxylic acids is 1. The quantitative estimate of drug-likeness (QED) is 0.638. The Balaban J connectivity index is 1.35. The van der Waals surface area contributed by atoms with Gasteiger partial charge >= 0.3 is 0 Å². The average Bonchev–Trinajstić information content (AvgIpc) is 3.03. The Hall–Kier alpha value is -3.20. The molecule has 3 heterocycles. The van der Waals surface area contributed by atoms with Gasteiger partial charge in [-0.25, -0.2) is 9.97 Å². The lowest BCUT2D eigenvalue weighted by atomic mass is 9.50. The number of anilines is 4. The highest BCUT2D eigenvalue weighted by molar-refractivity contribution is 5.92. The molecule has 7 rings (SSSR count). The molecule has 2 aromatic heterocycles. The minimum Gasteiger partial charge on any atom is -0.390 e. The third kappa shape index (κ3) is 3.10. The van der Waals surface area contributed by atoms with Gasteiger partial charge in [-0.05, 0) is 68.9 Å². The molecule has 0 saturated heterocycles. The number of aliphatic hydroxyl groups is 1. The van der Waals surface area contributed by atoms with Crippen molar-refractivity contribution in [2.24, 2.45) is 11.8 Å². The highest BCUT2D eigenvalue weighted by Crippen LogP contribution is 2.62. The lowest BCUT2D eigenvalue weighted by molar-refractivity contribution is -0.133. The first kappa shape index (κ1) is 21.3. The van der Waals surface area contributed by atoms with Crippen molar-refractivity contribution in [1.82, 2.24) is 20.3 Å². The van der Waals surface area contributed by atoms with Crippen molar-refractivity contribution >= 4 is 29.0 Å². The lowest BCUT2D eigenvalue weighted by Crippen LogP contribution is -2.65. The molecule has 34 heavy (non-hydrogen) atoms. The van der Waals surface area contributed by atoms with Crippen molar-refractivity contribution in [3.05, 3.63) is 42.1 Å². The number of hydrogen-bond donors (Lipinski definition) is 3. The van der Waals surface area contributed by atoms with E-state index in [4.69, 9.17) is 4.98 Å². The van der Waals surface area contributed by atoms with E-state index in [0.717, 1.165) is 60.7 Å². The van der Waals surface area contributed by atoms with E-state index >= 15 is 0 Å². The minimum absolute atomic E-state index is 0.159. The number of nitrogens with one attached hydrogen (secondary N) is 2. The van der Waals surface area contributed by atoms with Gasteiger partial charge < -0.3 is 25.5 Å². The number of carbonyl (C=O) groups is 1. The zero-order valence-corrected chi connectivity index (χ0v) is 19.9. The Morgan fingerprint density at radius 2 is 1.94 bits per heavy atom. The summed E-state index contributed by atoms with van der Waals surface area (Å²) in [5.74, 6) is 3.08. The van der Waals surface area contributed by atoms with E-state index in [1.54, 1.807) is 19.3 Å². The molecule has 4 bridgehead atoms. The third-order valence-corrected chi connectivity index (χ3v) is 8.26. The van der Waals surface area contributed by atoms with Crippen LogP contribution in [0.15, 0.2) is 30.9 Å². The SMILES string of the molecule is C=C1N(C)c2cnc(Nc3cnc(C(=O)NC)cc3C)nc2N1C12CC3CC(CC(O)(C3)C1)C2. The second-order valence-electron chi connectivity index (χ2n) is 10.7. The number of nitrogens with zero attached hydrogens (tertiary/aromatic N) is 5. The maximum atomic E-state index is 11.9. The lowest BCUT2D eigenvalue weighted by Gasteiger charge is -2.62. The minimum atomic E-state index is -0.574. The maximum absolute atomic E-state index is 11.9. The molecule has 3 N–H and O–H groups in total. The van der Waals surface area contributed by atoms with Gasteiger partial charge in [-0.1, -0.05) is 6.58 Å². The predicted molar refractivity (Wildman–Crippen MR) is 130 cm³/mol. The van der Waals surface area contributed by atoms with Crippen molar-refractivity contribution in [2.75, 3.05) is 29.2 Å². The Labute approximate surface area is 199 Å². The zero-order chi connectivity index (χ0) is 23.8. The number of aromatic nitrogens is 3. The van der Waals surface area contributed by atoms with Crippen molar-refractivity contribution in [1.29, 1.82) is 0 Å². The van der Waals surface area contributed by atoms with Gasteiger partial charge in [-0.3, -0.25) is 4.79 Å². The summed E-state index contributed by atoms with van der Waals surface area (Å²) in [6.07, 6.45) is 9.41. The Morgan fingerprint density at radius 3 is 2.59 bits per heavy atom. The summed E-state index contributed by atoms with van der Waals surface area (Å²) >= 11 is 0. The summed E-state index contributed by atoms with van der Waals surface area (Å²) in [7, 11) is 3.58. The summed E-state index contributed by atoms with van der Waals surface area (Å²) in [5, 5.41) is 17.2. The van der Waals surface area contributed by atoms with Gasteiger partial charge in [0.15, 0.2) is 5.82 Å². The van der Waals surface area contributed by atoms with Crippen LogP contribution in [-0.2, 0) is 0 Å². The monoisotopic (exact) mass is 461 g/mol. The number of aryl methyl sites for hydroxylation is 1. The fraction of sp³-hybridized carbons (Fsp3) is 0.520. The van der Waals surface area contributed by atoms with E-state index in [1.807, 2.05) is 25.1 Å². The molecule has 4 fully saturated rings. The van der Waals surface area contributed by atoms with Crippen molar-refractivity contribution in [3.63, 3.8) is 0 Å². The van der Waals surface area contributed by atoms with E-state index in [9.17, 15) is 9.90 Å². The van der Waals surface area contributed by atoms with Crippen molar-refractivity contribution in [2.45, 2.75) is 56.6 Å². The number of pyridine rings is 1. The summed E-state index contributed by atoms with van der Waals surface area (Å²) < 4.78 is 0. The number of fused-ring (bicyclic) bond motifs is 1. The van der Waals surface area contributed by atoms with Gasteiger partial charge in [0.2, 0.25) is 5.95 Å². The van der Waals surface area contributed by atoms with Gasteiger partial charge in [0.25, 0.3) is 5.91 Å². The van der Waals surface area contributed by atoms with E-state index in [2.05, 4.69) is 32.1 Å². The molecule has 0 radical (unpaired) electrons. The van der Waals surface area contributed by atoms with Crippen LogP contribution in [0.25, 0.3) is 0 Å². The molecule has 0 aromatic carbocycles. The summed E-state index contributed by atoms with van der Waals surface area (Å²) in [6.45, 7) is 6.33. The molecule has 9 nitrogen and oxygen atoms in total. The topological polar surface area (TPSA) is 107 Å². The van der Waals surface area contributed by atoms with Crippen LogP contribution >= 0.6 is 0 Å². The Bertz CT molecular complexity index is 1200. The fourth-order valence-electron chi connectivity index (χ4n) is 7.23. The van der Waals surface area contributed by atoms with Crippen LogP contribution in [0.3, 0.4) is 0 Å². The second kappa shape index (κ2) is 7.15. The van der Waals surface area contributed by atoms with E-state index < -0.39 is 5.60 Å². The molecule has 2 unspecified atom stereocenters. The van der Waals surface area contributed by atoms with Crippen molar-refractivity contribution < 1.29 is 9.90 Å². The van der Waals surface area contributed by atoms with E-state index in [-0.39, 0.29) is 11.4 Å². The van der Waals surface area contributed by atoms with Gasteiger partial charge in [-0.2, -0.15) is 4.98 Å². The zero-order valence-electron chi connectivity index (χ0n) is 19.9. The average molecular weight is 462 g/mol. The molecular formula is C25H31N7O2. The molecule has 0 spiro atoms. The molecule has 2 atom stereocenters. The van der Waals surface area contributed by atoms with Crippen LogP contribution in [0.1, 0.15) is 54.6 Å². The third-order valence-electron chi connectivity index (χ3n) is 8.26. The largest absolute Gasteiger partial charge is 0.390 e. The summed E-state index contributed by atoms with van der Waals surface area (Å²) in [6, 6.07) is 1.74. The van der Waals surface area contributed by atoms with Gasteiger partial charge in [0.05, 0.1) is 29.2 Å². The van der Waals surface area contributed by atoms with Crippen LogP contribution in [0, 0.1) is 18.8 Å². The smallest absolute Gasteiger partial charge is 0.269 e. The van der Waals surface area contributed by atoms with E-state index in [1.165, 1.54) is 6.42 Å². The molecule has 1 amide bonds. The molecule has 2 aromatic rings. The highest BCUT2D eigenvalue weighted by atomic mass is 16.3. The first-order chi connectivity index (χ1) is 16.2. The van der Waals surface area contributed by atoms with Crippen LogP contribution in [-0.4, -0.2) is 51.2 Å². The molecule has 178 valence electrons. The first-order valence-corrected chi connectivity index (χ1v) is 12.0. The van der Waals surface area contributed by atoms with Crippen LogP contribution < -0.4 is 20.4 Å². The predicted octanol–water partition coefficient (Wildman–Crippen LogP) is 3.09. The molecule has 9 heteroatoms. The fourth-order valence-corrected chi connectivity index (χ4v) is 7.23. The van der Waals surface area contributed by atoms with Crippen molar-refractivity contribution in [3.8, 4) is 0 Å². The highest BCUT2D eigenvalue weighted by Gasteiger charge is 2.61. The first-order valence-electron chi connectivity index (χ1n) is 12.0. The molecule has 5 aliphatic rings. The molecular weight excluding hydrogens is 430 g/mol. The molecule has 1 aliphatic heterocycles. The second-order valence-corrected chi connectivity index (χ2v) is 10.7. The van der Waals surface area contributed by atoms with Crippen LogP contribution in [0.4, 0.5) is 23.1 Å². The van der Waals surface area contributed by atoms with Gasteiger partial charge in [0, 0.05) is 14.1 Å². The number of hydrogen-bond acceptors (Lipinski definition) is 8. The Morgan fingerprint density at radius 1 is 1.21 bits per heavy atom. The summed E-state index contributed by atoms with van der Waals surface area (Å²) in [5.41, 5.74) is 2.17. The van der Waals surface area contributed by atoms with Crippen LogP contribution in [0.5, 0.6) is 0 Å². The number of rotatable bonds is 4. The Kier molecular flexibility index (Phi) is 4.49. The normalized spacial score (nSPS) is 31.1. The van der Waals surface area contributed by atoms with Crippen LogP contribution in [0.2, 0.25) is 0 Å². The molecule has 4 aliphatic carbocycles. The maximum Gasteiger partial charge on any atom is 0.269 e. The number of amides is 1. The summed E-state index contributed by atoms with van der Waals surface area (Å²) in [4.78, 5) is 30.0.